The molecule has 0 fully saturated rings. The van der Waals surface area contributed by atoms with Crippen molar-refractivity contribution in [1.82, 2.24) is 0 Å². The Labute approximate surface area is 109 Å². The lowest BCUT2D eigenvalue weighted by atomic mass is 10.1. The van der Waals surface area contributed by atoms with E-state index in [4.69, 9.17) is 0 Å². The van der Waals surface area contributed by atoms with Gasteiger partial charge >= 0.3 is 0 Å². The average Bonchev–Trinajstić information content (AvgIpc) is 2.35. The maximum absolute atomic E-state index is 2.20. The van der Waals surface area contributed by atoms with E-state index in [0.717, 1.165) is 6.42 Å². The highest BCUT2D eigenvalue weighted by molar-refractivity contribution is 5.24. The van der Waals surface area contributed by atoms with E-state index < -0.39 is 0 Å². The van der Waals surface area contributed by atoms with Gasteiger partial charge in [-0.25, -0.2) is 0 Å². The van der Waals surface area contributed by atoms with Crippen LogP contribution in [0.3, 0.4) is 0 Å². The Morgan fingerprint density at radius 1 is 1.06 bits per heavy atom. The van der Waals surface area contributed by atoms with Crippen LogP contribution in [0, 0.1) is 6.92 Å². The van der Waals surface area contributed by atoms with Crippen LogP contribution < -0.4 is 0 Å². The smallest absolute Gasteiger partial charge is 0.00700 e. The quantitative estimate of drug-likeness (QED) is 0.555. The van der Waals surface area contributed by atoms with E-state index in [1.165, 1.54) is 23.1 Å². The standard InChI is InChI=1S/C12H16.C3H8.C2H6/c1-4-10(2)9-12-7-5-11(3)6-8-12;1-3-2;1-2/h4-8H,9H2,1-3H3;3H2,1-2H3;1-2H3/b10-4+;;. The number of aryl methyl sites for hydroxylation is 1. The molecule has 0 heteroatoms. The highest BCUT2D eigenvalue weighted by atomic mass is 14.0. The first-order valence-electron chi connectivity index (χ1n) is 6.81. The molecule has 0 aliphatic heterocycles. The van der Waals surface area contributed by atoms with Crippen LogP contribution in [0.15, 0.2) is 35.9 Å². The Bertz CT molecular complexity index is 277. The topological polar surface area (TPSA) is 0 Å². The minimum absolute atomic E-state index is 1.08. The SMILES string of the molecule is C/C=C(\C)Cc1ccc(C)cc1.CC.CCC. The van der Waals surface area contributed by atoms with Crippen molar-refractivity contribution in [2.75, 3.05) is 0 Å². The molecule has 0 spiro atoms. The van der Waals surface area contributed by atoms with E-state index in [1.54, 1.807) is 0 Å². The first-order valence-corrected chi connectivity index (χ1v) is 6.81. The fraction of sp³-hybridized carbons (Fsp3) is 0.529. The second kappa shape index (κ2) is 13.0. The highest BCUT2D eigenvalue weighted by Gasteiger charge is 1.92. The Morgan fingerprint density at radius 3 is 1.82 bits per heavy atom. The normalized spacial score (nSPS) is 9.71. The van der Waals surface area contributed by atoms with Crippen LogP contribution in [0.2, 0.25) is 0 Å². The Kier molecular flexibility index (Phi) is 14.0. The molecule has 0 aromatic heterocycles. The van der Waals surface area contributed by atoms with Gasteiger partial charge in [0.25, 0.3) is 0 Å². The van der Waals surface area contributed by atoms with Crippen molar-refractivity contribution < 1.29 is 0 Å². The largest absolute Gasteiger partial charge is 0.0884 e. The average molecular weight is 234 g/mol. The molecule has 1 aromatic carbocycles. The summed E-state index contributed by atoms with van der Waals surface area (Å²) in [5.41, 5.74) is 4.16. The summed E-state index contributed by atoms with van der Waals surface area (Å²) in [5.74, 6) is 0. The van der Waals surface area contributed by atoms with E-state index in [9.17, 15) is 0 Å². The molecule has 0 unspecified atom stereocenters. The maximum atomic E-state index is 2.20. The molecule has 17 heavy (non-hydrogen) atoms. The molecular formula is C17H30. The van der Waals surface area contributed by atoms with Crippen molar-refractivity contribution in [3.8, 4) is 0 Å². The summed E-state index contributed by atoms with van der Waals surface area (Å²) in [6.45, 7) is 14.6. The predicted molar refractivity (Wildman–Crippen MR) is 81.6 cm³/mol. The third kappa shape index (κ3) is 11.2. The number of hydrogen-bond donors (Lipinski definition) is 0. The molecule has 0 atom stereocenters. The predicted octanol–water partition coefficient (Wildman–Crippen LogP) is 5.95. The summed E-state index contributed by atoms with van der Waals surface area (Å²) in [6.07, 6.45) is 4.50. The first kappa shape index (κ1) is 18.3. The van der Waals surface area contributed by atoms with Crippen LogP contribution >= 0.6 is 0 Å². The molecule has 0 aliphatic carbocycles. The monoisotopic (exact) mass is 234 g/mol. The molecule has 98 valence electrons. The summed E-state index contributed by atoms with van der Waals surface area (Å²) < 4.78 is 0. The maximum Gasteiger partial charge on any atom is -0.00700 e. The fourth-order valence-electron chi connectivity index (χ4n) is 1.13. The minimum Gasteiger partial charge on any atom is -0.0884 e. The lowest BCUT2D eigenvalue weighted by molar-refractivity contribution is 1.09. The second-order valence-electron chi connectivity index (χ2n) is 4.00. The van der Waals surface area contributed by atoms with Gasteiger partial charge in [0.1, 0.15) is 0 Å². The summed E-state index contributed by atoms with van der Waals surface area (Å²) in [4.78, 5) is 0. The molecule has 0 radical (unpaired) electrons. The zero-order chi connectivity index (χ0) is 13.7. The molecule has 0 saturated heterocycles. The van der Waals surface area contributed by atoms with Crippen molar-refractivity contribution >= 4 is 0 Å². The van der Waals surface area contributed by atoms with Gasteiger partial charge in [0.15, 0.2) is 0 Å². The molecule has 0 heterocycles. The zero-order valence-electron chi connectivity index (χ0n) is 12.8. The van der Waals surface area contributed by atoms with Gasteiger partial charge in [0.2, 0.25) is 0 Å². The van der Waals surface area contributed by atoms with Crippen molar-refractivity contribution in [2.45, 2.75) is 61.3 Å². The number of rotatable bonds is 2. The van der Waals surface area contributed by atoms with E-state index >= 15 is 0 Å². The molecule has 0 bridgehead atoms. The molecule has 0 amide bonds. The summed E-state index contributed by atoms with van der Waals surface area (Å²) >= 11 is 0. The van der Waals surface area contributed by atoms with Crippen LogP contribution in [0.25, 0.3) is 0 Å². The van der Waals surface area contributed by atoms with Gasteiger partial charge in [0.05, 0.1) is 0 Å². The zero-order valence-corrected chi connectivity index (χ0v) is 12.8. The Morgan fingerprint density at radius 2 is 1.47 bits per heavy atom. The number of hydrogen-bond acceptors (Lipinski definition) is 0. The van der Waals surface area contributed by atoms with Gasteiger partial charge in [-0.15, -0.1) is 0 Å². The third-order valence-electron chi connectivity index (χ3n) is 2.10. The molecule has 0 aliphatic rings. The summed E-state index contributed by atoms with van der Waals surface area (Å²) in [5, 5.41) is 0. The van der Waals surface area contributed by atoms with Crippen LogP contribution in [-0.2, 0) is 6.42 Å². The van der Waals surface area contributed by atoms with Crippen LogP contribution in [0.1, 0.15) is 59.1 Å². The summed E-state index contributed by atoms with van der Waals surface area (Å²) in [7, 11) is 0. The molecule has 0 saturated carbocycles. The van der Waals surface area contributed by atoms with Gasteiger partial charge in [-0.3, -0.25) is 0 Å². The lowest BCUT2D eigenvalue weighted by Crippen LogP contribution is -1.85. The van der Waals surface area contributed by atoms with Gasteiger partial charge in [-0.05, 0) is 32.8 Å². The lowest BCUT2D eigenvalue weighted by Gasteiger charge is -2.01. The Hall–Kier alpha value is -1.04. The molecule has 0 N–H and O–H groups in total. The molecule has 0 nitrogen and oxygen atoms in total. The van der Waals surface area contributed by atoms with Gasteiger partial charge in [0, 0.05) is 0 Å². The van der Waals surface area contributed by atoms with Crippen molar-refractivity contribution in [3.05, 3.63) is 47.0 Å². The van der Waals surface area contributed by atoms with Gasteiger partial charge in [-0.2, -0.15) is 0 Å². The van der Waals surface area contributed by atoms with E-state index in [0.29, 0.717) is 0 Å². The first-order chi connectivity index (χ1) is 8.13. The van der Waals surface area contributed by atoms with Gasteiger partial charge in [-0.1, -0.05) is 75.6 Å². The van der Waals surface area contributed by atoms with E-state index in [-0.39, 0.29) is 0 Å². The summed E-state index contributed by atoms with van der Waals surface area (Å²) in [6, 6.07) is 8.72. The number of benzene rings is 1. The van der Waals surface area contributed by atoms with E-state index in [1.807, 2.05) is 13.8 Å². The van der Waals surface area contributed by atoms with Crippen molar-refractivity contribution in [3.63, 3.8) is 0 Å². The second-order valence-corrected chi connectivity index (χ2v) is 4.00. The van der Waals surface area contributed by atoms with Crippen molar-refractivity contribution in [1.29, 1.82) is 0 Å². The van der Waals surface area contributed by atoms with E-state index in [2.05, 4.69) is 65.0 Å². The minimum atomic E-state index is 1.08. The fourth-order valence-corrected chi connectivity index (χ4v) is 1.13. The van der Waals surface area contributed by atoms with Gasteiger partial charge < -0.3 is 0 Å². The molecule has 1 aromatic rings. The highest BCUT2D eigenvalue weighted by Crippen LogP contribution is 2.08. The van der Waals surface area contributed by atoms with Crippen LogP contribution in [-0.4, -0.2) is 0 Å². The Balaban J connectivity index is 0. The van der Waals surface area contributed by atoms with Crippen LogP contribution in [0.5, 0.6) is 0 Å². The van der Waals surface area contributed by atoms with Crippen LogP contribution in [0.4, 0.5) is 0 Å². The molecular weight excluding hydrogens is 204 g/mol. The number of allylic oxidation sites excluding steroid dienone is 2. The molecule has 1 rings (SSSR count). The van der Waals surface area contributed by atoms with Crippen molar-refractivity contribution in [2.24, 2.45) is 0 Å². The third-order valence-corrected chi connectivity index (χ3v) is 2.10.